The lowest BCUT2D eigenvalue weighted by Gasteiger charge is -2.06. The first kappa shape index (κ1) is 12.1. The number of likely N-dealkylation sites (N-methyl/N-ethyl adjacent to an activating group) is 1. The lowest BCUT2D eigenvalue weighted by molar-refractivity contribution is -0.384. The molecule has 0 heterocycles. The van der Waals surface area contributed by atoms with Gasteiger partial charge in [-0.1, -0.05) is 0 Å². The van der Waals surface area contributed by atoms with Gasteiger partial charge in [-0.05, 0) is 13.1 Å². The largest absolute Gasteiger partial charge is 0.496 e. The number of carbonyl (C=O) groups excluding carboxylic acids is 1. The van der Waals surface area contributed by atoms with Crippen LogP contribution in [0.25, 0.3) is 0 Å². The van der Waals surface area contributed by atoms with E-state index in [9.17, 15) is 14.9 Å². The van der Waals surface area contributed by atoms with Gasteiger partial charge < -0.3 is 10.1 Å². The van der Waals surface area contributed by atoms with Gasteiger partial charge in [0.05, 0.1) is 24.1 Å². The van der Waals surface area contributed by atoms with E-state index in [1.165, 1.54) is 25.3 Å². The van der Waals surface area contributed by atoms with Crippen molar-refractivity contribution in [2.45, 2.75) is 0 Å². The van der Waals surface area contributed by atoms with E-state index in [0.717, 1.165) is 0 Å². The van der Waals surface area contributed by atoms with Crippen molar-refractivity contribution in [2.75, 3.05) is 20.7 Å². The number of nitrogens with zero attached hydrogens (tertiary/aromatic N) is 1. The zero-order valence-electron chi connectivity index (χ0n) is 9.02. The molecule has 0 aliphatic carbocycles. The number of Topliss-reactive ketones (excluding diaryl/α,β-unsaturated/α-hetero) is 1. The van der Waals surface area contributed by atoms with Crippen LogP contribution in [0.2, 0.25) is 0 Å². The predicted molar refractivity (Wildman–Crippen MR) is 57.9 cm³/mol. The molecule has 0 saturated heterocycles. The van der Waals surface area contributed by atoms with Gasteiger partial charge in [-0.2, -0.15) is 0 Å². The third-order valence-electron chi connectivity index (χ3n) is 2.03. The highest BCUT2D eigenvalue weighted by Crippen LogP contribution is 2.24. The molecule has 0 spiro atoms. The second-order valence-electron chi connectivity index (χ2n) is 3.10. The van der Waals surface area contributed by atoms with Crippen LogP contribution in [-0.2, 0) is 0 Å². The lowest BCUT2D eigenvalue weighted by Crippen LogP contribution is -2.19. The molecule has 6 heteroatoms. The average Bonchev–Trinajstić information content (AvgIpc) is 2.28. The molecule has 86 valence electrons. The van der Waals surface area contributed by atoms with Gasteiger partial charge in [0, 0.05) is 12.1 Å². The second-order valence-corrected chi connectivity index (χ2v) is 3.10. The molecule has 0 unspecified atom stereocenters. The Morgan fingerprint density at radius 3 is 2.75 bits per heavy atom. The fourth-order valence-corrected chi connectivity index (χ4v) is 1.28. The van der Waals surface area contributed by atoms with Crippen LogP contribution in [0, 0.1) is 10.1 Å². The Bertz CT molecular complexity index is 417. The SMILES string of the molecule is CNCC(=O)c1cc([N+](=O)[O-])ccc1OC. The van der Waals surface area contributed by atoms with Crippen LogP contribution in [0.15, 0.2) is 18.2 Å². The normalized spacial score (nSPS) is 9.88. The number of nitrogens with one attached hydrogen (secondary N) is 1. The number of carbonyl (C=O) groups is 1. The molecule has 0 amide bonds. The number of nitro benzene ring substituents is 1. The second kappa shape index (κ2) is 5.22. The van der Waals surface area contributed by atoms with Gasteiger partial charge in [0.2, 0.25) is 0 Å². The predicted octanol–water partition coefficient (Wildman–Crippen LogP) is 1.01. The molecule has 1 aromatic rings. The maximum Gasteiger partial charge on any atom is 0.270 e. The topological polar surface area (TPSA) is 81.5 Å². The molecule has 0 bridgehead atoms. The van der Waals surface area contributed by atoms with E-state index in [-0.39, 0.29) is 23.6 Å². The summed E-state index contributed by atoms with van der Waals surface area (Å²) in [6, 6.07) is 3.94. The van der Waals surface area contributed by atoms with Gasteiger partial charge in [-0.3, -0.25) is 14.9 Å². The number of hydrogen-bond acceptors (Lipinski definition) is 5. The van der Waals surface area contributed by atoms with Crippen molar-refractivity contribution in [3.63, 3.8) is 0 Å². The summed E-state index contributed by atoms with van der Waals surface area (Å²) >= 11 is 0. The summed E-state index contributed by atoms with van der Waals surface area (Å²) in [5.41, 5.74) is 0.0892. The highest BCUT2D eigenvalue weighted by Gasteiger charge is 2.16. The molecule has 16 heavy (non-hydrogen) atoms. The fraction of sp³-hybridized carbons (Fsp3) is 0.300. The summed E-state index contributed by atoms with van der Waals surface area (Å²) in [6.45, 7) is 0.109. The van der Waals surface area contributed by atoms with E-state index in [0.29, 0.717) is 5.75 Å². The molecule has 0 saturated carbocycles. The van der Waals surface area contributed by atoms with Gasteiger partial charge in [-0.15, -0.1) is 0 Å². The molecular formula is C10H12N2O4. The van der Waals surface area contributed by atoms with Gasteiger partial charge in [0.1, 0.15) is 5.75 Å². The molecule has 0 fully saturated rings. The average molecular weight is 224 g/mol. The highest BCUT2D eigenvalue weighted by atomic mass is 16.6. The maximum absolute atomic E-state index is 11.6. The molecule has 0 radical (unpaired) electrons. The molecule has 0 atom stereocenters. The van der Waals surface area contributed by atoms with Crippen molar-refractivity contribution >= 4 is 11.5 Å². The minimum atomic E-state index is -0.546. The summed E-state index contributed by atoms with van der Waals surface area (Å²) in [5.74, 6) is 0.0916. The van der Waals surface area contributed by atoms with Crippen molar-refractivity contribution in [3.05, 3.63) is 33.9 Å². The summed E-state index contributed by atoms with van der Waals surface area (Å²) in [4.78, 5) is 21.7. The van der Waals surface area contributed by atoms with E-state index in [1.807, 2.05) is 0 Å². The monoisotopic (exact) mass is 224 g/mol. The van der Waals surface area contributed by atoms with Crippen LogP contribution >= 0.6 is 0 Å². The van der Waals surface area contributed by atoms with Crippen molar-refractivity contribution in [2.24, 2.45) is 0 Å². The Morgan fingerprint density at radius 2 is 2.25 bits per heavy atom. The van der Waals surface area contributed by atoms with Crippen LogP contribution in [0.5, 0.6) is 5.75 Å². The fourth-order valence-electron chi connectivity index (χ4n) is 1.28. The number of nitro groups is 1. The molecule has 1 rings (SSSR count). The summed E-state index contributed by atoms with van der Waals surface area (Å²) < 4.78 is 4.98. The highest BCUT2D eigenvalue weighted by molar-refractivity contribution is 6.00. The zero-order valence-corrected chi connectivity index (χ0v) is 9.02. The van der Waals surface area contributed by atoms with Crippen LogP contribution in [0.4, 0.5) is 5.69 Å². The van der Waals surface area contributed by atoms with Crippen molar-refractivity contribution in [1.29, 1.82) is 0 Å². The third kappa shape index (κ3) is 2.54. The third-order valence-corrected chi connectivity index (χ3v) is 2.03. The van der Waals surface area contributed by atoms with Crippen molar-refractivity contribution in [3.8, 4) is 5.75 Å². The summed E-state index contributed by atoms with van der Waals surface area (Å²) in [6.07, 6.45) is 0. The van der Waals surface area contributed by atoms with Crippen LogP contribution < -0.4 is 10.1 Å². The minimum absolute atomic E-state index is 0.109. The van der Waals surface area contributed by atoms with Crippen LogP contribution in [-0.4, -0.2) is 31.4 Å². The number of methoxy groups -OCH3 is 1. The number of ether oxygens (including phenoxy) is 1. The summed E-state index contributed by atoms with van der Waals surface area (Å²) in [5, 5.41) is 13.3. The molecule has 0 aliphatic rings. The number of non-ortho nitro benzene ring substituents is 1. The van der Waals surface area contributed by atoms with Gasteiger partial charge in [0.15, 0.2) is 5.78 Å². The molecule has 0 aliphatic heterocycles. The number of hydrogen-bond donors (Lipinski definition) is 1. The Hall–Kier alpha value is -1.95. The number of ketones is 1. The van der Waals surface area contributed by atoms with E-state index in [1.54, 1.807) is 7.05 Å². The number of rotatable bonds is 5. The molecule has 1 aromatic carbocycles. The first-order valence-corrected chi connectivity index (χ1v) is 4.60. The standard InChI is InChI=1S/C10H12N2O4/c1-11-6-9(13)8-5-7(12(14)15)3-4-10(8)16-2/h3-5,11H,6H2,1-2H3. The first-order chi connectivity index (χ1) is 7.60. The first-order valence-electron chi connectivity index (χ1n) is 4.60. The number of benzene rings is 1. The van der Waals surface area contributed by atoms with Gasteiger partial charge in [-0.25, -0.2) is 0 Å². The Kier molecular flexibility index (Phi) is 3.96. The van der Waals surface area contributed by atoms with E-state index >= 15 is 0 Å². The van der Waals surface area contributed by atoms with Gasteiger partial charge in [0.25, 0.3) is 5.69 Å². The van der Waals surface area contributed by atoms with E-state index < -0.39 is 4.92 Å². The smallest absolute Gasteiger partial charge is 0.270 e. The molecule has 0 aromatic heterocycles. The van der Waals surface area contributed by atoms with Crippen molar-refractivity contribution < 1.29 is 14.5 Å². The van der Waals surface area contributed by atoms with Gasteiger partial charge >= 0.3 is 0 Å². The maximum atomic E-state index is 11.6. The molecular weight excluding hydrogens is 212 g/mol. The lowest BCUT2D eigenvalue weighted by atomic mass is 10.1. The quantitative estimate of drug-likeness (QED) is 0.458. The molecule has 6 nitrogen and oxygen atoms in total. The zero-order chi connectivity index (χ0) is 12.1. The van der Waals surface area contributed by atoms with E-state index in [4.69, 9.17) is 4.74 Å². The van der Waals surface area contributed by atoms with Crippen molar-refractivity contribution in [1.82, 2.24) is 5.32 Å². The Morgan fingerprint density at radius 1 is 1.56 bits per heavy atom. The Labute approximate surface area is 92.4 Å². The Balaban J connectivity index is 3.16. The van der Waals surface area contributed by atoms with Crippen LogP contribution in [0.3, 0.4) is 0 Å². The molecule has 1 N–H and O–H groups in total. The minimum Gasteiger partial charge on any atom is -0.496 e. The van der Waals surface area contributed by atoms with Crippen LogP contribution in [0.1, 0.15) is 10.4 Å². The summed E-state index contributed by atoms with van der Waals surface area (Å²) in [7, 11) is 3.04. The van der Waals surface area contributed by atoms with E-state index in [2.05, 4.69) is 5.32 Å².